The molecule has 1 N–H and O–H groups in total. The summed E-state index contributed by atoms with van der Waals surface area (Å²) in [7, 11) is 1.60. The van der Waals surface area contributed by atoms with Crippen LogP contribution >= 0.6 is 0 Å². The first-order valence-electron chi connectivity index (χ1n) is 8.13. The van der Waals surface area contributed by atoms with Crippen molar-refractivity contribution in [2.75, 3.05) is 11.9 Å². The van der Waals surface area contributed by atoms with E-state index in [2.05, 4.69) is 22.2 Å². The third kappa shape index (κ3) is 3.60. The summed E-state index contributed by atoms with van der Waals surface area (Å²) in [6.45, 7) is 2.87. The van der Waals surface area contributed by atoms with Gasteiger partial charge in [-0.2, -0.15) is 4.98 Å². The van der Waals surface area contributed by atoms with E-state index >= 15 is 0 Å². The quantitative estimate of drug-likeness (QED) is 0.695. The number of unbranched alkanes of at least 4 members (excludes halogenated alkanes) is 1. The van der Waals surface area contributed by atoms with E-state index in [0.717, 1.165) is 19.4 Å². The number of nitrogens with zero attached hydrogens (tertiary/aromatic N) is 3. The van der Waals surface area contributed by atoms with Crippen LogP contribution in [0.2, 0.25) is 0 Å². The summed E-state index contributed by atoms with van der Waals surface area (Å²) in [6, 6.07) is 7.47. The Hall–Kier alpha value is -2.96. The predicted octanol–water partition coefficient (Wildman–Crippen LogP) is 3.47. The van der Waals surface area contributed by atoms with Gasteiger partial charge in [0.05, 0.1) is 0 Å². The Bertz CT molecular complexity index is 955. The largest absolute Gasteiger partial charge is 0.448 e. The van der Waals surface area contributed by atoms with E-state index in [1.54, 1.807) is 25.4 Å². The molecule has 0 atom stereocenters. The molecule has 130 valence electrons. The smallest absolute Gasteiger partial charge is 0.294 e. The topological polar surface area (TPSA) is 69.0 Å². The van der Waals surface area contributed by atoms with E-state index in [1.165, 1.54) is 22.8 Å². The van der Waals surface area contributed by atoms with Crippen LogP contribution in [0.15, 0.2) is 41.3 Å². The van der Waals surface area contributed by atoms with Gasteiger partial charge >= 0.3 is 0 Å². The van der Waals surface area contributed by atoms with Crippen molar-refractivity contribution in [2.24, 2.45) is 7.05 Å². The van der Waals surface area contributed by atoms with Crippen LogP contribution in [0.3, 0.4) is 0 Å². The van der Waals surface area contributed by atoms with Crippen LogP contribution < -0.4 is 15.6 Å². The van der Waals surface area contributed by atoms with E-state index in [-0.39, 0.29) is 11.5 Å². The summed E-state index contributed by atoms with van der Waals surface area (Å²) in [4.78, 5) is 21.1. The molecule has 0 saturated carbocycles. The molecule has 0 fully saturated rings. The molecule has 0 amide bonds. The highest BCUT2D eigenvalue weighted by Crippen LogP contribution is 2.23. The molecule has 0 radical (unpaired) electrons. The number of ether oxygens (including phenoxy) is 1. The molecular formula is C18H19FN4O2. The Balaban J connectivity index is 1.97. The predicted molar refractivity (Wildman–Crippen MR) is 94.7 cm³/mol. The standard InChI is InChI=1S/C18H19FN4O2/c1-3-4-9-20-18-21-11-12-10-15(17(24)23(2)16(12)22-18)25-14-8-6-5-7-13(14)19/h5-8,10-11H,3-4,9H2,1-2H3,(H,20,21,22). The number of hydrogen-bond acceptors (Lipinski definition) is 5. The van der Waals surface area contributed by atoms with E-state index < -0.39 is 11.4 Å². The SMILES string of the molecule is CCCCNc1ncc2cc(Oc3ccccc3F)c(=O)n(C)c2n1. The van der Waals surface area contributed by atoms with Crippen LogP contribution in [0.4, 0.5) is 10.3 Å². The molecule has 2 heterocycles. The van der Waals surface area contributed by atoms with Gasteiger partial charge in [0, 0.05) is 25.2 Å². The normalized spacial score (nSPS) is 10.8. The Kier molecular flexibility index (Phi) is 4.92. The fourth-order valence-corrected chi connectivity index (χ4v) is 2.40. The number of pyridine rings is 1. The number of fused-ring (bicyclic) bond motifs is 1. The second kappa shape index (κ2) is 7.29. The average Bonchev–Trinajstić information content (AvgIpc) is 2.62. The van der Waals surface area contributed by atoms with Crippen LogP contribution in [0.1, 0.15) is 19.8 Å². The lowest BCUT2D eigenvalue weighted by Gasteiger charge is -2.11. The van der Waals surface area contributed by atoms with E-state index in [0.29, 0.717) is 17.0 Å². The van der Waals surface area contributed by atoms with Crippen molar-refractivity contribution in [1.82, 2.24) is 14.5 Å². The van der Waals surface area contributed by atoms with Crippen molar-refractivity contribution >= 4 is 17.0 Å². The molecule has 0 spiro atoms. The molecular weight excluding hydrogens is 323 g/mol. The van der Waals surface area contributed by atoms with Crippen molar-refractivity contribution in [3.8, 4) is 11.5 Å². The highest BCUT2D eigenvalue weighted by molar-refractivity contribution is 5.76. The molecule has 0 aliphatic rings. The third-order valence-corrected chi connectivity index (χ3v) is 3.79. The number of rotatable bonds is 6. The Morgan fingerprint density at radius 2 is 2.08 bits per heavy atom. The fourth-order valence-electron chi connectivity index (χ4n) is 2.40. The molecule has 3 rings (SSSR count). The van der Waals surface area contributed by atoms with Gasteiger partial charge in [-0.3, -0.25) is 9.36 Å². The number of para-hydroxylation sites is 1. The van der Waals surface area contributed by atoms with Gasteiger partial charge in [-0.05, 0) is 24.6 Å². The lowest BCUT2D eigenvalue weighted by atomic mass is 10.3. The van der Waals surface area contributed by atoms with Gasteiger partial charge in [-0.1, -0.05) is 25.5 Å². The molecule has 0 saturated heterocycles. The van der Waals surface area contributed by atoms with E-state index in [9.17, 15) is 9.18 Å². The molecule has 1 aromatic carbocycles. The average molecular weight is 342 g/mol. The zero-order valence-corrected chi connectivity index (χ0v) is 14.1. The minimum Gasteiger partial charge on any atom is -0.448 e. The van der Waals surface area contributed by atoms with Crippen LogP contribution in [-0.2, 0) is 7.05 Å². The van der Waals surface area contributed by atoms with Crippen LogP contribution in [0.25, 0.3) is 11.0 Å². The second-order valence-corrected chi connectivity index (χ2v) is 5.66. The van der Waals surface area contributed by atoms with Crippen LogP contribution in [0, 0.1) is 5.82 Å². The van der Waals surface area contributed by atoms with Gasteiger partial charge in [0.1, 0.15) is 5.65 Å². The first-order valence-corrected chi connectivity index (χ1v) is 8.13. The first-order chi connectivity index (χ1) is 12.1. The number of nitrogens with one attached hydrogen (secondary N) is 1. The molecule has 0 unspecified atom stereocenters. The van der Waals surface area contributed by atoms with Crippen molar-refractivity contribution < 1.29 is 9.13 Å². The van der Waals surface area contributed by atoms with Crippen molar-refractivity contribution in [3.05, 3.63) is 52.7 Å². The van der Waals surface area contributed by atoms with Crippen molar-refractivity contribution in [3.63, 3.8) is 0 Å². The maximum Gasteiger partial charge on any atom is 0.294 e. The molecule has 0 aliphatic carbocycles. The van der Waals surface area contributed by atoms with Gasteiger partial charge < -0.3 is 10.1 Å². The number of anilines is 1. The number of benzene rings is 1. The minimum atomic E-state index is -0.531. The molecule has 6 nitrogen and oxygen atoms in total. The molecule has 0 bridgehead atoms. The Labute approximate surface area is 144 Å². The minimum absolute atomic E-state index is 0.00211. The molecule has 0 aliphatic heterocycles. The maximum absolute atomic E-state index is 13.8. The molecule has 25 heavy (non-hydrogen) atoms. The van der Waals surface area contributed by atoms with Gasteiger partial charge in [-0.15, -0.1) is 0 Å². The zero-order chi connectivity index (χ0) is 17.8. The third-order valence-electron chi connectivity index (χ3n) is 3.79. The van der Waals surface area contributed by atoms with Gasteiger partial charge in [0.25, 0.3) is 5.56 Å². The lowest BCUT2D eigenvalue weighted by Crippen LogP contribution is -2.20. The molecule has 7 heteroatoms. The first kappa shape index (κ1) is 16.9. The summed E-state index contributed by atoms with van der Waals surface area (Å²) in [5.74, 6) is -0.0387. The number of halogens is 1. The summed E-state index contributed by atoms with van der Waals surface area (Å²) in [5.41, 5.74) is 0.0915. The second-order valence-electron chi connectivity index (χ2n) is 5.66. The van der Waals surface area contributed by atoms with E-state index in [1.807, 2.05) is 0 Å². The van der Waals surface area contributed by atoms with Crippen molar-refractivity contribution in [1.29, 1.82) is 0 Å². The van der Waals surface area contributed by atoms with Crippen LogP contribution in [0.5, 0.6) is 11.5 Å². The Morgan fingerprint density at radius 1 is 1.28 bits per heavy atom. The number of aryl methyl sites for hydroxylation is 1. The number of aromatic nitrogens is 3. The lowest BCUT2D eigenvalue weighted by molar-refractivity contribution is 0.434. The highest BCUT2D eigenvalue weighted by atomic mass is 19.1. The molecule has 3 aromatic rings. The fraction of sp³-hybridized carbons (Fsp3) is 0.278. The van der Waals surface area contributed by atoms with Gasteiger partial charge in [-0.25, -0.2) is 9.37 Å². The highest BCUT2D eigenvalue weighted by Gasteiger charge is 2.13. The zero-order valence-electron chi connectivity index (χ0n) is 14.1. The monoisotopic (exact) mass is 342 g/mol. The van der Waals surface area contributed by atoms with Crippen LogP contribution in [-0.4, -0.2) is 21.1 Å². The van der Waals surface area contributed by atoms with E-state index in [4.69, 9.17) is 4.74 Å². The maximum atomic E-state index is 13.8. The Morgan fingerprint density at radius 3 is 2.84 bits per heavy atom. The summed E-state index contributed by atoms with van der Waals surface area (Å²) in [5, 5.41) is 3.76. The van der Waals surface area contributed by atoms with Gasteiger partial charge in [0.15, 0.2) is 17.3 Å². The van der Waals surface area contributed by atoms with Crippen molar-refractivity contribution in [2.45, 2.75) is 19.8 Å². The summed E-state index contributed by atoms with van der Waals surface area (Å²) >= 11 is 0. The summed E-state index contributed by atoms with van der Waals surface area (Å²) in [6.07, 6.45) is 3.69. The molecule has 2 aromatic heterocycles. The summed E-state index contributed by atoms with van der Waals surface area (Å²) < 4.78 is 20.6. The van der Waals surface area contributed by atoms with Gasteiger partial charge in [0.2, 0.25) is 5.95 Å². The number of hydrogen-bond donors (Lipinski definition) is 1.